The molecule has 2 N–H and O–H groups in total. The Labute approximate surface area is 146 Å². The smallest absolute Gasteiger partial charge is 0.224 e. The number of nitrogens with one attached hydrogen (secondary N) is 2. The molecule has 0 aliphatic rings. The second kappa shape index (κ2) is 7.70. The van der Waals surface area contributed by atoms with Crippen molar-refractivity contribution in [1.29, 1.82) is 0 Å². The van der Waals surface area contributed by atoms with E-state index in [1.165, 1.54) is 0 Å². The highest BCUT2D eigenvalue weighted by atomic mass is 16.5. The quantitative estimate of drug-likeness (QED) is 0.693. The van der Waals surface area contributed by atoms with Crippen molar-refractivity contribution in [2.45, 2.75) is 12.8 Å². The Balaban J connectivity index is 1.55. The van der Waals surface area contributed by atoms with Crippen molar-refractivity contribution >= 4 is 16.9 Å². The van der Waals surface area contributed by atoms with E-state index >= 15 is 0 Å². The van der Waals surface area contributed by atoms with Crippen LogP contribution in [0, 0.1) is 0 Å². The summed E-state index contributed by atoms with van der Waals surface area (Å²) in [5.41, 5.74) is 3.79. The van der Waals surface area contributed by atoms with Gasteiger partial charge >= 0.3 is 0 Å². The fourth-order valence-corrected chi connectivity index (χ4v) is 2.75. The zero-order valence-corrected chi connectivity index (χ0v) is 14.3. The average molecular weight is 339 g/mol. The van der Waals surface area contributed by atoms with Gasteiger partial charge in [-0.2, -0.15) is 0 Å². The molecule has 0 radical (unpaired) electrons. The zero-order valence-electron chi connectivity index (χ0n) is 14.3. The van der Waals surface area contributed by atoms with Crippen molar-refractivity contribution in [1.82, 2.24) is 15.3 Å². The number of fused-ring (bicyclic) bond motifs is 1. The highest BCUT2D eigenvalue weighted by molar-refractivity contribution is 5.81. The number of ether oxygens (including phenoxy) is 2. The first-order valence-electron chi connectivity index (χ1n) is 8.09. The summed E-state index contributed by atoms with van der Waals surface area (Å²) >= 11 is 0. The molecule has 0 atom stereocenters. The number of H-pyrrole nitrogens is 1. The van der Waals surface area contributed by atoms with Crippen LogP contribution in [0.25, 0.3) is 11.0 Å². The Bertz CT molecular complexity index is 873. The molecule has 130 valence electrons. The molecule has 1 amide bonds. The van der Waals surface area contributed by atoms with Crippen molar-refractivity contribution in [2.24, 2.45) is 0 Å². The van der Waals surface area contributed by atoms with Crippen LogP contribution in [-0.2, 0) is 17.6 Å². The van der Waals surface area contributed by atoms with Gasteiger partial charge in [0.2, 0.25) is 5.91 Å². The summed E-state index contributed by atoms with van der Waals surface area (Å²) < 4.78 is 10.6. The van der Waals surface area contributed by atoms with Gasteiger partial charge in [0.25, 0.3) is 0 Å². The molecular formula is C19H21N3O3. The number of methoxy groups -OCH3 is 2. The van der Waals surface area contributed by atoms with E-state index in [-0.39, 0.29) is 5.91 Å². The molecule has 0 fully saturated rings. The van der Waals surface area contributed by atoms with Gasteiger partial charge < -0.3 is 19.8 Å². The van der Waals surface area contributed by atoms with Crippen molar-refractivity contribution in [2.75, 3.05) is 20.8 Å². The van der Waals surface area contributed by atoms with E-state index in [9.17, 15) is 4.79 Å². The van der Waals surface area contributed by atoms with Crippen LogP contribution in [0.3, 0.4) is 0 Å². The van der Waals surface area contributed by atoms with Gasteiger partial charge in [-0.1, -0.05) is 6.07 Å². The van der Waals surface area contributed by atoms with Gasteiger partial charge in [-0.05, 0) is 47.9 Å². The van der Waals surface area contributed by atoms with Crippen LogP contribution in [0.1, 0.15) is 11.1 Å². The van der Waals surface area contributed by atoms with Crippen LogP contribution in [0.15, 0.2) is 42.7 Å². The van der Waals surface area contributed by atoms with Crippen molar-refractivity contribution in [3.05, 3.63) is 53.9 Å². The maximum absolute atomic E-state index is 12.2. The van der Waals surface area contributed by atoms with Gasteiger partial charge in [0.1, 0.15) is 11.5 Å². The van der Waals surface area contributed by atoms with Crippen molar-refractivity contribution < 1.29 is 14.3 Å². The van der Waals surface area contributed by atoms with E-state index in [1.54, 1.807) is 20.5 Å². The fourth-order valence-electron chi connectivity index (χ4n) is 2.75. The summed E-state index contributed by atoms with van der Waals surface area (Å²) in [6, 6.07) is 11.4. The summed E-state index contributed by atoms with van der Waals surface area (Å²) in [5, 5.41) is 2.95. The number of imidazole rings is 1. The van der Waals surface area contributed by atoms with Gasteiger partial charge in [0.05, 0.1) is 38.0 Å². The maximum Gasteiger partial charge on any atom is 0.224 e. The SMILES string of the molecule is COc1ccc(OC)c(CCNC(=O)Cc2ccc3nc[nH]c3c2)c1. The first-order chi connectivity index (χ1) is 12.2. The molecule has 1 aromatic heterocycles. The van der Waals surface area contributed by atoms with Crippen LogP contribution in [-0.4, -0.2) is 36.6 Å². The van der Waals surface area contributed by atoms with Crippen LogP contribution in [0.5, 0.6) is 11.5 Å². The number of carbonyl (C=O) groups excluding carboxylic acids is 1. The lowest BCUT2D eigenvalue weighted by molar-refractivity contribution is -0.120. The highest BCUT2D eigenvalue weighted by Gasteiger charge is 2.08. The topological polar surface area (TPSA) is 76.2 Å². The Morgan fingerprint density at radius 3 is 2.84 bits per heavy atom. The molecule has 0 aliphatic carbocycles. The number of aromatic amines is 1. The zero-order chi connectivity index (χ0) is 17.6. The molecule has 0 saturated carbocycles. The third-order valence-electron chi connectivity index (χ3n) is 4.05. The highest BCUT2D eigenvalue weighted by Crippen LogP contribution is 2.24. The Kier molecular flexibility index (Phi) is 5.18. The Morgan fingerprint density at radius 1 is 1.16 bits per heavy atom. The minimum Gasteiger partial charge on any atom is -0.497 e. The monoisotopic (exact) mass is 339 g/mol. The number of aromatic nitrogens is 2. The lowest BCUT2D eigenvalue weighted by Gasteiger charge is -2.11. The molecule has 0 saturated heterocycles. The second-order valence-corrected chi connectivity index (χ2v) is 5.71. The van der Waals surface area contributed by atoms with E-state index < -0.39 is 0 Å². The summed E-state index contributed by atoms with van der Waals surface area (Å²) in [6.07, 6.45) is 2.66. The maximum atomic E-state index is 12.2. The molecular weight excluding hydrogens is 318 g/mol. The van der Waals surface area contributed by atoms with Crippen molar-refractivity contribution in [3.8, 4) is 11.5 Å². The minimum atomic E-state index is -0.0132. The number of nitrogens with zero attached hydrogens (tertiary/aromatic N) is 1. The molecule has 3 aromatic rings. The number of amides is 1. The fraction of sp³-hybridized carbons (Fsp3) is 0.263. The summed E-state index contributed by atoms with van der Waals surface area (Å²) in [7, 11) is 3.26. The molecule has 2 aromatic carbocycles. The predicted octanol–water partition coefficient (Wildman–Crippen LogP) is 2.48. The van der Waals surface area contributed by atoms with Crippen LogP contribution >= 0.6 is 0 Å². The van der Waals surface area contributed by atoms with Crippen molar-refractivity contribution in [3.63, 3.8) is 0 Å². The molecule has 25 heavy (non-hydrogen) atoms. The molecule has 0 bridgehead atoms. The minimum absolute atomic E-state index is 0.0132. The Hall–Kier alpha value is -3.02. The van der Waals surface area contributed by atoms with Crippen LogP contribution in [0.4, 0.5) is 0 Å². The Morgan fingerprint density at radius 2 is 2.04 bits per heavy atom. The second-order valence-electron chi connectivity index (χ2n) is 5.71. The van der Waals surface area contributed by atoms with Crippen LogP contribution < -0.4 is 14.8 Å². The van der Waals surface area contributed by atoms with E-state index in [4.69, 9.17) is 9.47 Å². The molecule has 6 heteroatoms. The molecule has 0 unspecified atom stereocenters. The number of benzene rings is 2. The summed E-state index contributed by atoms with van der Waals surface area (Å²) in [5.74, 6) is 1.55. The van der Waals surface area contributed by atoms with Crippen LogP contribution in [0.2, 0.25) is 0 Å². The van der Waals surface area contributed by atoms with Gasteiger partial charge in [-0.15, -0.1) is 0 Å². The third kappa shape index (κ3) is 4.09. The lowest BCUT2D eigenvalue weighted by Crippen LogP contribution is -2.27. The molecule has 3 rings (SSSR count). The van der Waals surface area contributed by atoms with Gasteiger partial charge in [0.15, 0.2) is 0 Å². The van der Waals surface area contributed by atoms with E-state index in [2.05, 4.69) is 15.3 Å². The molecule has 0 spiro atoms. The van der Waals surface area contributed by atoms with E-state index in [0.29, 0.717) is 19.4 Å². The van der Waals surface area contributed by atoms with Gasteiger partial charge in [0, 0.05) is 6.54 Å². The van der Waals surface area contributed by atoms with E-state index in [1.807, 2.05) is 36.4 Å². The number of hydrogen-bond donors (Lipinski definition) is 2. The van der Waals surface area contributed by atoms with Gasteiger partial charge in [-0.3, -0.25) is 4.79 Å². The molecule has 1 heterocycles. The average Bonchev–Trinajstić information content (AvgIpc) is 3.09. The van der Waals surface area contributed by atoms with E-state index in [0.717, 1.165) is 33.7 Å². The lowest BCUT2D eigenvalue weighted by atomic mass is 10.1. The molecule has 6 nitrogen and oxygen atoms in total. The standard InChI is InChI=1S/C19H21N3O3/c1-24-15-4-6-18(25-2)14(11-15)7-8-20-19(23)10-13-3-5-16-17(9-13)22-12-21-16/h3-6,9,11-12H,7-8,10H2,1-2H3,(H,20,23)(H,21,22). The third-order valence-corrected chi connectivity index (χ3v) is 4.05. The number of carbonyl (C=O) groups is 1. The number of rotatable bonds is 7. The summed E-state index contributed by atoms with van der Waals surface area (Å²) in [6.45, 7) is 0.536. The largest absolute Gasteiger partial charge is 0.497 e. The predicted molar refractivity (Wildman–Crippen MR) is 96.1 cm³/mol. The first kappa shape index (κ1) is 16.8. The summed E-state index contributed by atoms with van der Waals surface area (Å²) in [4.78, 5) is 19.4. The molecule has 0 aliphatic heterocycles. The first-order valence-corrected chi connectivity index (χ1v) is 8.09. The van der Waals surface area contributed by atoms with Gasteiger partial charge in [-0.25, -0.2) is 4.98 Å². The normalized spacial score (nSPS) is 10.6. The number of hydrogen-bond acceptors (Lipinski definition) is 4.